The van der Waals surface area contributed by atoms with E-state index >= 15 is 0 Å². The van der Waals surface area contributed by atoms with Crippen molar-refractivity contribution in [2.75, 3.05) is 33.0 Å². The zero-order chi connectivity index (χ0) is 29.8. The summed E-state index contributed by atoms with van der Waals surface area (Å²) in [5, 5.41) is 20.2. The molecule has 2 unspecified atom stereocenters. The molecule has 6 nitrogen and oxygen atoms in total. The molecular formula is C33H56O6. The number of aliphatic hydroxyl groups is 2. The molecule has 0 radical (unpaired) electrons. The van der Waals surface area contributed by atoms with E-state index in [9.17, 15) is 10.2 Å². The van der Waals surface area contributed by atoms with E-state index in [1.807, 2.05) is 27.7 Å². The Morgan fingerprint density at radius 2 is 1.03 bits per heavy atom. The van der Waals surface area contributed by atoms with Crippen LogP contribution in [0.15, 0.2) is 12.1 Å². The van der Waals surface area contributed by atoms with Crippen molar-refractivity contribution in [3.63, 3.8) is 0 Å². The molecule has 39 heavy (non-hydrogen) atoms. The summed E-state index contributed by atoms with van der Waals surface area (Å²) >= 11 is 0. The molecule has 2 heterocycles. The van der Waals surface area contributed by atoms with Crippen LogP contribution in [-0.2, 0) is 35.2 Å². The highest BCUT2D eigenvalue weighted by Crippen LogP contribution is 2.53. The standard InChI is InChI=1S/C33H56O6/c1-28(2,3)21-14-22(29(4,5)6)24(23(15-21)30(7,8)9)25-33(20-38-27(39-25)32(12,13)17-35)18-36-26(37-19-33)31(10,11)16-34/h14-15,25-27,34-35H,16-20H2,1-13H3. The lowest BCUT2D eigenvalue weighted by Crippen LogP contribution is -2.58. The van der Waals surface area contributed by atoms with Crippen LogP contribution in [0, 0.1) is 16.2 Å². The molecule has 2 aliphatic rings. The van der Waals surface area contributed by atoms with Crippen molar-refractivity contribution < 1.29 is 29.2 Å². The Morgan fingerprint density at radius 1 is 0.641 bits per heavy atom. The minimum atomic E-state index is -0.590. The third-order valence-electron chi connectivity index (χ3n) is 8.40. The van der Waals surface area contributed by atoms with Crippen LogP contribution >= 0.6 is 0 Å². The third-order valence-corrected chi connectivity index (χ3v) is 8.40. The molecule has 1 aromatic carbocycles. The molecule has 0 aromatic heterocycles. The van der Waals surface area contributed by atoms with Gasteiger partial charge in [-0.25, -0.2) is 0 Å². The molecule has 2 N–H and O–H groups in total. The Hall–Kier alpha value is -1.02. The maximum Gasteiger partial charge on any atom is 0.165 e. The number of rotatable bonds is 5. The number of benzene rings is 1. The number of aliphatic hydroxyl groups excluding tert-OH is 2. The van der Waals surface area contributed by atoms with Crippen LogP contribution in [0.2, 0.25) is 0 Å². The van der Waals surface area contributed by atoms with Crippen LogP contribution < -0.4 is 0 Å². The summed E-state index contributed by atoms with van der Waals surface area (Å²) in [6.45, 7) is 29.3. The molecule has 2 saturated heterocycles. The van der Waals surface area contributed by atoms with E-state index in [1.54, 1.807) is 0 Å². The largest absolute Gasteiger partial charge is 0.396 e. The van der Waals surface area contributed by atoms with Gasteiger partial charge in [-0.1, -0.05) is 102 Å². The second kappa shape index (κ2) is 10.7. The molecule has 2 atom stereocenters. The number of hydrogen-bond donors (Lipinski definition) is 2. The second-order valence-electron chi connectivity index (χ2n) is 16.5. The fourth-order valence-corrected chi connectivity index (χ4v) is 5.43. The van der Waals surface area contributed by atoms with Crippen molar-refractivity contribution in [1.82, 2.24) is 0 Å². The average molecular weight is 549 g/mol. The minimum absolute atomic E-state index is 0.0195. The van der Waals surface area contributed by atoms with Crippen molar-refractivity contribution in [3.05, 3.63) is 34.4 Å². The summed E-state index contributed by atoms with van der Waals surface area (Å²) < 4.78 is 26.1. The summed E-state index contributed by atoms with van der Waals surface area (Å²) in [5.74, 6) is 0. The number of hydrogen-bond acceptors (Lipinski definition) is 6. The van der Waals surface area contributed by atoms with Gasteiger partial charge in [0.05, 0.1) is 44.6 Å². The summed E-state index contributed by atoms with van der Waals surface area (Å²) in [5.41, 5.74) is 2.95. The average Bonchev–Trinajstić information content (AvgIpc) is 2.82. The summed E-state index contributed by atoms with van der Waals surface area (Å²) in [6, 6.07) is 4.73. The molecule has 2 fully saturated rings. The quantitative estimate of drug-likeness (QED) is 0.444. The van der Waals surface area contributed by atoms with Crippen molar-refractivity contribution in [3.8, 4) is 0 Å². The van der Waals surface area contributed by atoms with Crippen LogP contribution in [0.3, 0.4) is 0 Å². The van der Waals surface area contributed by atoms with Gasteiger partial charge in [-0.2, -0.15) is 0 Å². The SMILES string of the molecule is CC(C)(C)c1cc(C(C)(C)C)c(C2OC(C(C)(C)CO)OCC23COC(C(C)(C)CO)OC3)c(C(C)(C)C)c1. The monoisotopic (exact) mass is 548 g/mol. The highest BCUT2D eigenvalue weighted by Gasteiger charge is 2.55. The van der Waals surface area contributed by atoms with Crippen molar-refractivity contribution >= 4 is 0 Å². The topological polar surface area (TPSA) is 77.4 Å². The van der Waals surface area contributed by atoms with Crippen molar-refractivity contribution in [2.24, 2.45) is 16.2 Å². The molecule has 0 saturated carbocycles. The van der Waals surface area contributed by atoms with Gasteiger partial charge >= 0.3 is 0 Å². The fraction of sp³-hybridized carbons (Fsp3) is 0.818. The van der Waals surface area contributed by atoms with Gasteiger partial charge in [0, 0.05) is 10.8 Å². The third kappa shape index (κ3) is 6.57. The van der Waals surface area contributed by atoms with Gasteiger partial charge in [-0.05, 0) is 38.5 Å². The molecule has 1 aromatic rings. The zero-order valence-corrected chi connectivity index (χ0v) is 26.9. The van der Waals surface area contributed by atoms with Gasteiger partial charge in [-0.15, -0.1) is 0 Å². The summed E-state index contributed by atoms with van der Waals surface area (Å²) in [4.78, 5) is 0. The molecule has 3 rings (SSSR count). The fourth-order valence-electron chi connectivity index (χ4n) is 5.43. The lowest BCUT2D eigenvalue weighted by Gasteiger charge is -2.54. The van der Waals surface area contributed by atoms with Gasteiger partial charge in [0.2, 0.25) is 0 Å². The van der Waals surface area contributed by atoms with Gasteiger partial charge in [0.25, 0.3) is 0 Å². The van der Waals surface area contributed by atoms with Gasteiger partial charge in [0.1, 0.15) is 0 Å². The van der Waals surface area contributed by atoms with E-state index in [0.29, 0.717) is 19.8 Å². The molecule has 0 bridgehead atoms. The first-order valence-corrected chi connectivity index (χ1v) is 14.5. The Balaban J connectivity index is 2.28. The normalized spacial score (nSPS) is 27.7. The first-order valence-electron chi connectivity index (χ1n) is 14.5. The van der Waals surface area contributed by atoms with Gasteiger partial charge < -0.3 is 29.2 Å². The van der Waals surface area contributed by atoms with Crippen molar-refractivity contribution in [2.45, 2.75) is 125 Å². The second-order valence-corrected chi connectivity index (χ2v) is 16.5. The van der Waals surface area contributed by atoms with Crippen LogP contribution in [0.25, 0.3) is 0 Å². The van der Waals surface area contributed by atoms with Gasteiger partial charge in [-0.3, -0.25) is 0 Å². The van der Waals surface area contributed by atoms with E-state index in [4.69, 9.17) is 18.9 Å². The Bertz CT molecular complexity index is 953. The Kier molecular flexibility index (Phi) is 8.89. The summed E-state index contributed by atoms with van der Waals surface area (Å²) in [6.07, 6.45) is -1.49. The smallest absolute Gasteiger partial charge is 0.165 e. The van der Waals surface area contributed by atoms with Crippen LogP contribution in [0.1, 0.15) is 118 Å². The maximum absolute atomic E-state index is 10.2. The highest BCUT2D eigenvalue weighted by molar-refractivity contribution is 5.49. The predicted molar refractivity (Wildman–Crippen MR) is 156 cm³/mol. The van der Waals surface area contributed by atoms with Crippen LogP contribution in [0.4, 0.5) is 0 Å². The van der Waals surface area contributed by atoms with E-state index in [1.165, 1.54) is 22.3 Å². The predicted octanol–water partition coefficient (Wildman–Crippen LogP) is 6.39. The molecule has 6 heteroatoms. The lowest BCUT2D eigenvalue weighted by molar-refractivity contribution is -0.362. The molecule has 0 aliphatic carbocycles. The Morgan fingerprint density at radius 3 is 1.38 bits per heavy atom. The van der Waals surface area contributed by atoms with Crippen LogP contribution in [-0.4, -0.2) is 55.8 Å². The molecule has 2 aliphatic heterocycles. The van der Waals surface area contributed by atoms with Crippen molar-refractivity contribution in [1.29, 1.82) is 0 Å². The first kappa shape index (κ1) is 32.5. The molecule has 0 amide bonds. The molecule has 224 valence electrons. The molecular weight excluding hydrogens is 492 g/mol. The van der Waals surface area contributed by atoms with E-state index in [0.717, 1.165) is 0 Å². The van der Waals surface area contributed by atoms with Crippen LogP contribution in [0.5, 0.6) is 0 Å². The van der Waals surface area contributed by atoms with E-state index < -0.39 is 28.8 Å². The highest BCUT2D eigenvalue weighted by atomic mass is 16.7. The van der Waals surface area contributed by atoms with E-state index in [2.05, 4.69) is 74.4 Å². The summed E-state index contributed by atoms with van der Waals surface area (Å²) in [7, 11) is 0. The Labute approximate surface area is 237 Å². The van der Waals surface area contributed by atoms with E-state index in [-0.39, 0.29) is 35.6 Å². The molecule has 1 spiro atoms. The van der Waals surface area contributed by atoms with Gasteiger partial charge in [0.15, 0.2) is 12.6 Å². The zero-order valence-electron chi connectivity index (χ0n) is 26.9. The maximum atomic E-state index is 10.2. The lowest BCUT2D eigenvalue weighted by atomic mass is 9.67. The minimum Gasteiger partial charge on any atom is -0.396 e. The number of ether oxygens (including phenoxy) is 4. The first-order chi connectivity index (χ1) is 17.6.